The third kappa shape index (κ3) is 2.47. The van der Waals surface area contributed by atoms with E-state index in [9.17, 15) is 0 Å². The van der Waals surface area contributed by atoms with Crippen molar-refractivity contribution in [2.24, 2.45) is 5.92 Å². The van der Waals surface area contributed by atoms with Crippen LogP contribution in [0, 0.1) is 5.92 Å². The van der Waals surface area contributed by atoms with Crippen LogP contribution in [0.15, 0.2) is 0 Å². The van der Waals surface area contributed by atoms with Crippen molar-refractivity contribution >= 4 is 7.12 Å². The van der Waals surface area contributed by atoms with Crippen molar-refractivity contribution in [2.75, 3.05) is 13.2 Å². The Kier molecular flexibility index (Phi) is 3.28. The Morgan fingerprint density at radius 1 is 1.31 bits per heavy atom. The van der Waals surface area contributed by atoms with Crippen molar-refractivity contribution in [3.63, 3.8) is 0 Å². The Morgan fingerprint density at radius 2 is 2.08 bits per heavy atom. The molecule has 0 spiro atoms. The lowest BCUT2D eigenvalue weighted by Crippen LogP contribution is -2.30. The van der Waals surface area contributed by atoms with Crippen LogP contribution in [0.5, 0.6) is 0 Å². The van der Waals surface area contributed by atoms with Crippen LogP contribution in [0.3, 0.4) is 0 Å². The van der Waals surface area contributed by atoms with E-state index in [0.29, 0.717) is 0 Å². The van der Waals surface area contributed by atoms with Gasteiger partial charge in [0.1, 0.15) is 0 Å². The molecule has 1 aliphatic heterocycles. The predicted octanol–water partition coefficient (Wildman–Crippen LogP) is 2.49. The Hall–Kier alpha value is -0.0151. The molecule has 1 saturated heterocycles. The van der Waals surface area contributed by atoms with Gasteiger partial charge in [0.05, 0.1) is 0 Å². The van der Waals surface area contributed by atoms with E-state index in [1.165, 1.54) is 25.7 Å². The maximum Gasteiger partial charge on any atom is 0.460 e. The fourth-order valence-electron chi connectivity index (χ4n) is 2.16. The van der Waals surface area contributed by atoms with Crippen molar-refractivity contribution in [1.82, 2.24) is 0 Å². The van der Waals surface area contributed by atoms with Gasteiger partial charge in [0, 0.05) is 13.2 Å². The Balaban J connectivity index is 1.66. The van der Waals surface area contributed by atoms with Crippen LogP contribution in [-0.4, -0.2) is 20.3 Å². The molecular formula is C10H19BO2. The van der Waals surface area contributed by atoms with E-state index in [1.54, 1.807) is 0 Å². The minimum Gasteiger partial charge on any atom is -0.411 e. The summed E-state index contributed by atoms with van der Waals surface area (Å²) >= 11 is 0. The molecule has 0 aromatic carbocycles. The molecule has 0 unspecified atom stereocenters. The first-order valence-corrected chi connectivity index (χ1v) is 5.65. The summed E-state index contributed by atoms with van der Waals surface area (Å²) in [7, 11) is 0.149. The molecule has 0 N–H and O–H groups in total. The van der Waals surface area contributed by atoms with Crippen molar-refractivity contribution < 1.29 is 9.31 Å². The van der Waals surface area contributed by atoms with E-state index < -0.39 is 0 Å². The summed E-state index contributed by atoms with van der Waals surface area (Å²) in [5.41, 5.74) is 0. The first-order valence-electron chi connectivity index (χ1n) is 5.65. The Bertz CT molecular complexity index is 157. The first-order chi connectivity index (χ1) is 6.42. The second-order valence-corrected chi connectivity index (χ2v) is 4.27. The maximum atomic E-state index is 5.59. The largest absolute Gasteiger partial charge is 0.460 e. The highest BCUT2D eigenvalue weighted by atomic mass is 16.6. The lowest BCUT2D eigenvalue weighted by molar-refractivity contribution is 0.132. The third-order valence-electron chi connectivity index (χ3n) is 3.11. The lowest BCUT2D eigenvalue weighted by atomic mass is 9.79. The molecule has 2 atom stereocenters. The molecule has 2 rings (SSSR count). The van der Waals surface area contributed by atoms with Gasteiger partial charge in [-0.05, 0) is 24.6 Å². The molecular weight excluding hydrogens is 163 g/mol. The van der Waals surface area contributed by atoms with Gasteiger partial charge in [-0.3, -0.25) is 0 Å². The van der Waals surface area contributed by atoms with Crippen molar-refractivity contribution in [2.45, 2.75) is 44.8 Å². The topological polar surface area (TPSA) is 18.5 Å². The summed E-state index contributed by atoms with van der Waals surface area (Å²) in [6.45, 7) is 4.06. The minimum absolute atomic E-state index is 0.149. The average Bonchev–Trinajstić information content (AvgIpc) is 2.95. The molecule has 74 valence electrons. The zero-order valence-electron chi connectivity index (χ0n) is 8.50. The summed E-state index contributed by atoms with van der Waals surface area (Å²) in [5, 5.41) is 0. The highest BCUT2D eigenvalue weighted by Crippen LogP contribution is 2.50. The fourth-order valence-corrected chi connectivity index (χ4v) is 2.16. The highest BCUT2D eigenvalue weighted by Gasteiger charge is 2.48. The molecule has 0 radical (unpaired) electrons. The van der Waals surface area contributed by atoms with E-state index in [2.05, 4.69) is 6.92 Å². The summed E-state index contributed by atoms with van der Waals surface area (Å²) in [4.78, 5) is 0. The summed E-state index contributed by atoms with van der Waals surface area (Å²) in [6.07, 6.45) is 6.47. The molecule has 1 heterocycles. The van der Waals surface area contributed by atoms with E-state index in [0.717, 1.165) is 31.4 Å². The number of unbranched alkanes of at least 4 members (excludes halogenated alkanes) is 1. The van der Waals surface area contributed by atoms with Crippen LogP contribution in [-0.2, 0) is 9.31 Å². The van der Waals surface area contributed by atoms with Crippen molar-refractivity contribution in [3.05, 3.63) is 0 Å². The normalized spacial score (nSPS) is 33.5. The lowest BCUT2D eigenvalue weighted by Gasteiger charge is -2.19. The molecule has 1 aliphatic carbocycles. The average molecular weight is 182 g/mol. The van der Waals surface area contributed by atoms with Crippen LogP contribution in [0.2, 0.25) is 5.82 Å². The molecule has 2 aliphatic rings. The molecule has 2 nitrogen and oxygen atoms in total. The molecule has 0 amide bonds. The monoisotopic (exact) mass is 182 g/mol. The van der Waals surface area contributed by atoms with Crippen LogP contribution in [0.1, 0.15) is 39.0 Å². The van der Waals surface area contributed by atoms with Gasteiger partial charge in [0.15, 0.2) is 0 Å². The van der Waals surface area contributed by atoms with Gasteiger partial charge < -0.3 is 9.31 Å². The standard InChI is InChI=1S/C10H19BO2/c1-2-3-5-9-8-10(9)11-12-6-4-7-13-11/h9-10H,2-8H2,1H3/t9-,10-/m0/s1. The number of hydrogen-bond donors (Lipinski definition) is 0. The van der Waals surface area contributed by atoms with Crippen molar-refractivity contribution in [3.8, 4) is 0 Å². The van der Waals surface area contributed by atoms with Crippen LogP contribution >= 0.6 is 0 Å². The minimum atomic E-state index is 0.149. The highest BCUT2D eigenvalue weighted by molar-refractivity contribution is 6.47. The van der Waals surface area contributed by atoms with E-state index in [1.807, 2.05) is 0 Å². The van der Waals surface area contributed by atoms with Crippen LogP contribution < -0.4 is 0 Å². The molecule has 0 bridgehead atoms. The summed E-state index contributed by atoms with van der Waals surface area (Å²) in [5.74, 6) is 1.63. The van der Waals surface area contributed by atoms with E-state index >= 15 is 0 Å². The zero-order valence-corrected chi connectivity index (χ0v) is 8.50. The predicted molar refractivity (Wildman–Crippen MR) is 53.7 cm³/mol. The summed E-state index contributed by atoms with van der Waals surface area (Å²) in [6, 6.07) is 0. The maximum absolute atomic E-state index is 5.59. The third-order valence-corrected chi connectivity index (χ3v) is 3.11. The van der Waals surface area contributed by atoms with Crippen molar-refractivity contribution in [1.29, 1.82) is 0 Å². The Morgan fingerprint density at radius 3 is 2.77 bits per heavy atom. The second-order valence-electron chi connectivity index (χ2n) is 4.27. The fraction of sp³-hybridized carbons (Fsp3) is 1.00. The van der Waals surface area contributed by atoms with Crippen LogP contribution in [0.25, 0.3) is 0 Å². The molecule has 3 heteroatoms. The van der Waals surface area contributed by atoms with Gasteiger partial charge in [-0.25, -0.2) is 0 Å². The SMILES string of the molecule is CCCC[C@H]1C[C@@H]1B1OCCCO1. The van der Waals surface area contributed by atoms with E-state index in [-0.39, 0.29) is 7.12 Å². The quantitative estimate of drug-likeness (QED) is 0.622. The Labute approximate surface area is 81.1 Å². The van der Waals surface area contributed by atoms with Crippen LogP contribution in [0.4, 0.5) is 0 Å². The van der Waals surface area contributed by atoms with Gasteiger partial charge in [0.25, 0.3) is 0 Å². The molecule has 0 aromatic rings. The molecule has 0 aromatic heterocycles. The van der Waals surface area contributed by atoms with Gasteiger partial charge in [-0.2, -0.15) is 0 Å². The number of rotatable bonds is 4. The zero-order chi connectivity index (χ0) is 9.10. The van der Waals surface area contributed by atoms with E-state index in [4.69, 9.17) is 9.31 Å². The second kappa shape index (κ2) is 4.47. The molecule has 1 saturated carbocycles. The molecule has 13 heavy (non-hydrogen) atoms. The smallest absolute Gasteiger partial charge is 0.411 e. The molecule has 2 fully saturated rings. The van der Waals surface area contributed by atoms with Gasteiger partial charge >= 0.3 is 7.12 Å². The first kappa shape index (κ1) is 9.54. The number of hydrogen-bond acceptors (Lipinski definition) is 2. The summed E-state index contributed by atoms with van der Waals surface area (Å²) < 4.78 is 11.2. The van der Waals surface area contributed by atoms with Gasteiger partial charge in [-0.1, -0.05) is 26.2 Å². The van der Waals surface area contributed by atoms with Gasteiger partial charge in [-0.15, -0.1) is 0 Å². The van der Waals surface area contributed by atoms with Gasteiger partial charge in [0.2, 0.25) is 0 Å².